The minimum Gasteiger partial charge on any atom is -0.497 e. The molecule has 2 amide bonds. The van der Waals surface area contributed by atoms with E-state index < -0.39 is 5.91 Å². The maximum absolute atomic E-state index is 13.6. The van der Waals surface area contributed by atoms with Crippen LogP contribution in [0, 0.1) is 20.8 Å². The number of nitrogens with zero attached hydrogens (tertiary/aromatic N) is 4. The zero-order valence-electron chi connectivity index (χ0n) is 27.6. The third-order valence-corrected chi connectivity index (χ3v) is 10.0. The third kappa shape index (κ3) is 7.33. The van der Waals surface area contributed by atoms with Crippen LogP contribution < -0.4 is 15.4 Å². The Morgan fingerprint density at radius 3 is 2.33 bits per heavy atom. The highest BCUT2D eigenvalue weighted by molar-refractivity contribution is 6.01. The molecule has 2 aliphatic rings. The van der Waals surface area contributed by atoms with E-state index in [0.717, 1.165) is 99.3 Å². The second-order valence-corrected chi connectivity index (χ2v) is 12.9. The van der Waals surface area contributed by atoms with Crippen LogP contribution in [-0.2, 0) is 13.0 Å². The standard InChI is InChI=1S/C37H49N5O3/c1-25-14-17-39-23-29(25)24-42(30-9-11-32(45-5)12-10-30)31-15-20-40(21-16-31)27(3)8-13-33-28(4)35(36(38)43)26(2)22-34(33)37(44)41-18-6-7-19-41/h9-12,14,17,22-23,27,31H,6-8,13,15-16,18-21,24H2,1-5H3,(H2,38,43)/t27-/m1/s1. The number of ether oxygens (including phenoxy) is 1. The number of rotatable bonds is 11. The number of benzene rings is 2. The van der Waals surface area contributed by atoms with Gasteiger partial charge in [0.1, 0.15) is 5.75 Å². The Labute approximate surface area is 268 Å². The number of hydrogen-bond acceptors (Lipinski definition) is 6. The number of anilines is 1. The molecule has 0 unspecified atom stereocenters. The fourth-order valence-electron chi connectivity index (χ4n) is 7.23. The number of carbonyl (C=O) groups excluding carboxylic acids is 2. The van der Waals surface area contributed by atoms with Crippen LogP contribution in [0.15, 0.2) is 48.8 Å². The number of piperidine rings is 1. The zero-order chi connectivity index (χ0) is 32.1. The molecule has 2 aromatic carbocycles. The molecular formula is C37H49N5O3. The maximum Gasteiger partial charge on any atom is 0.254 e. The summed E-state index contributed by atoms with van der Waals surface area (Å²) >= 11 is 0. The molecule has 3 aromatic rings. The molecule has 240 valence electrons. The van der Waals surface area contributed by atoms with Gasteiger partial charge in [0.2, 0.25) is 5.91 Å². The first-order valence-electron chi connectivity index (χ1n) is 16.4. The molecule has 0 bridgehead atoms. The Balaban J connectivity index is 1.29. The van der Waals surface area contributed by atoms with Crippen molar-refractivity contribution in [1.29, 1.82) is 0 Å². The number of aromatic nitrogens is 1. The summed E-state index contributed by atoms with van der Waals surface area (Å²) < 4.78 is 5.43. The van der Waals surface area contributed by atoms with Crippen LogP contribution in [0.3, 0.4) is 0 Å². The van der Waals surface area contributed by atoms with Gasteiger partial charge >= 0.3 is 0 Å². The SMILES string of the molecule is COc1ccc(N(Cc2cnccc2C)C2CCN([C@H](C)CCc3c(C(=O)N4CCCC4)cc(C)c(C(N)=O)c3C)CC2)cc1. The highest BCUT2D eigenvalue weighted by atomic mass is 16.5. The number of carbonyl (C=O) groups is 2. The van der Waals surface area contributed by atoms with Crippen LogP contribution in [0.2, 0.25) is 0 Å². The lowest BCUT2D eigenvalue weighted by Gasteiger charge is -2.42. The zero-order valence-corrected chi connectivity index (χ0v) is 27.6. The molecule has 2 N–H and O–H groups in total. The van der Waals surface area contributed by atoms with E-state index in [1.165, 1.54) is 16.8 Å². The summed E-state index contributed by atoms with van der Waals surface area (Å²) in [4.78, 5) is 37.4. The minimum absolute atomic E-state index is 0.0839. The summed E-state index contributed by atoms with van der Waals surface area (Å²) in [5, 5.41) is 0. The molecule has 8 heteroatoms. The van der Waals surface area contributed by atoms with Crippen molar-refractivity contribution < 1.29 is 14.3 Å². The van der Waals surface area contributed by atoms with Crippen LogP contribution in [0.1, 0.15) is 87.6 Å². The van der Waals surface area contributed by atoms with E-state index in [1.807, 2.05) is 49.3 Å². The van der Waals surface area contributed by atoms with Gasteiger partial charge < -0.3 is 25.2 Å². The van der Waals surface area contributed by atoms with E-state index >= 15 is 0 Å². The molecule has 0 radical (unpaired) electrons. The second-order valence-electron chi connectivity index (χ2n) is 12.9. The van der Waals surface area contributed by atoms with Gasteiger partial charge in [-0.15, -0.1) is 0 Å². The van der Waals surface area contributed by atoms with Crippen molar-refractivity contribution in [3.05, 3.63) is 87.7 Å². The van der Waals surface area contributed by atoms with Gasteiger partial charge in [0.15, 0.2) is 0 Å². The fraction of sp³-hybridized carbons (Fsp3) is 0.486. The van der Waals surface area contributed by atoms with E-state index in [2.05, 4.69) is 46.8 Å². The molecule has 3 heterocycles. The van der Waals surface area contributed by atoms with Crippen LogP contribution in [0.25, 0.3) is 0 Å². The van der Waals surface area contributed by atoms with Gasteiger partial charge in [-0.3, -0.25) is 14.6 Å². The Morgan fingerprint density at radius 1 is 1.02 bits per heavy atom. The molecular weight excluding hydrogens is 562 g/mol. The van der Waals surface area contributed by atoms with Crippen molar-refractivity contribution in [3.63, 3.8) is 0 Å². The molecule has 5 rings (SSSR count). The summed E-state index contributed by atoms with van der Waals surface area (Å²) in [6.07, 6.45) is 9.70. The minimum atomic E-state index is -0.426. The van der Waals surface area contributed by atoms with E-state index in [-0.39, 0.29) is 5.91 Å². The first-order valence-corrected chi connectivity index (χ1v) is 16.4. The molecule has 2 saturated heterocycles. The van der Waals surface area contributed by atoms with Gasteiger partial charge in [0.05, 0.1) is 7.11 Å². The predicted octanol–water partition coefficient (Wildman–Crippen LogP) is 5.84. The molecule has 8 nitrogen and oxygen atoms in total. The first kappa shape index (κ1) is 32.5. The number of hydrogen-bond donors (Lipinski definition) is 1. The average molecular weight is 612 g/mol. The number of nitrogens with two attached hydrogens (primary N) is 1. The van der Waals surface area contributed by atoms with E-state index in [9.17, 15) is 9.59 Å². The van der Waals surface area contributed by atoms with E-state index in [0.29, 0.717) is 17.6 Å². The Kier molecular flexibility index (Phi) is 10.4. The van der Waals surface area contributed by atoms with Crippen molar-refractivity contribution in [1.82, 2.24) is 14.8 Å². The number of methoxy groups -OCH3 is 1. The lowest BCUT2D eigenvalue weighted by atomic mass is 9.88. The molecule has 0 saturated carbocycles. The van der Waals surface area contributed by atoms with Crippen molar-refractivity contribution >= 4 is 17.5 Å². The Bertz CT molecular complexity index is 1490. The van der Waals surface area contributed by atoms with Crippen LogP contribution in [0.5, 0.6) is 5.75 Å². The molecule has 45 heavy (non-hydrogen) atoms. The van der Waals surface area contributed by atoms with Crippen LogP contribution >= 0.6 is 0 Å². The van der Waals surface area contributed by atoms with E-state index in [4.69, 9.17) is 10.5 Å². The molecule has 2 fully saturated rings. The fourth-order valence-corrected chi connectivity index (χ4v) is 7.23. The topological polar surface area (TPSA) is 92.0 Å². The van der Waals surface area contributed by atoms with Gasteiger partial charge in [-0.1, -0.05) is 0 Å². The highest BCUT2D eigenvalue weighted by Gasteiger charge is 2.29. The Morgan fingerprint density at radius 2 is 1.71 bits per heavy atom. The summed E-state index contributed by atoms with van der Waals surface area (Å²) in [7, 11) is 1.70. The summed E-state index contributed by atoms with van der Waals surface area (Å²) in [5.41, 5.74) is 13.4. The number of amides is 2. The van der Waals surface area contributed by atoms with Gasteiger partial charge in [0, 0.05) is 74.0 Å². The number of pyridine rings is 1. The molecule has 0 aliphatic carbocycles. The van der Waals surface area contributed by atoms with E-state index in [1.54, 1.807) is 7.11 Å². The Hall–Kier alpha value is -3.91. The molecule has 2 aliphatic heterocycles. The van der Waals surface area contributed by atoms with Gasteiger partial charge in [-0.25, -0.2) is 0 Å². The van der Waals surface area contributed by atoms with Crippen LogP contribution in [-0.4, -0.2) is 72.0 Å². The lowest BCUT2D eigenvalue weighted by Crippen LogP contribution is -2.47. The monoisotopic (exact) mass is 611 g/mol. The largest absolute Gasteiger partial charge is 0.497 e. The van der Waals surface area contributed by atoms with Gasteiger partial charge in [-0.2, -0.15) is 0 Å². The molecule has 0 spiro atoms. The van der Waals surface area contributed by atoms with Crippen molar-refractivity contribution in [3.8, 4) is 5.75 Å². The van der Waals surface area contributed by atoms with Gasteiger partial charge in [-0.05, 0) is 130 Å². The summed E-state index contributed by atoms with van der Waals surface area (Å²) in [5.74, 6) is 0.516. The summed E-state index contributed by atoms with van der Waals surface area (Å²) in [6, 6.07) is 13.1. The number of aryl methyl sites for hydroxylation is 2. The smallest absolute Gasteiger partial charge is 0.254 e. The van der Waals surface area contributed by atoms with Crippen molar-refractivity contribution in [2.45, 2.75) is 84.8 Å². The average Bonchev–Trinajstić information content (AvgIpc) is 3.59. The second kappa shape index (κ2) is 14.5. The number of likely N-dealkylation sites (tertiary alicyclic amines) is 2. The van der Waals surface area contributed by atoms with Crippen LogP contribution in [0.4, 0.5) is 5.69 Å². The first-order chi connectivity index (χ1) is 21.7. The quantitative estimate of drug-likeness (QED) is 0.293. The molecule has 1 atom stereocenters. The lowest BCUT2D eigenvalue weighted by molar-refractivity contribution is 0.0790. The molecule has 1 aromatic heterocycles. The maximum atomic E-state index is 13.6. The highest BCUT2D eigenvalue weighted by Crippen LogP contribution is 2.31. The van der Waals surface area contributed by atoms with Crippen molar-refractivity contribution in [2.75, 3.05) is 38.2 Å². The normalized spacial score (nSPS) is 16.5. The third-order valence-electron chi connectivity index (χ3n) is 10.0. The van der Waals surface area contributed by atoms with Crippen molar-refractivity contribution in [2.24, 2.45) is 5.73 Å². The summed E-state index contributed by atoms with van der Waals surface area (Å²) in [6.45, 7) is 12.7. The predicted molar refractivity (Wildman–Crippen MR) is 180 cm³/mol. The van der Waals surface area contributed by atoms with Gasteiger partial charge in [0.25, 0.3) is 5.91 Å². The number of primary amides is 1.